The topological polar surface area (TPSA) is 48.6 Å². The van der Waals surface area contributed by atoms with E-state index in [-0.39, 0.29) is 12.9 Å². The van der Waals surface area contributed by atoms with Crippen molar-refractivity contribution in [2.45, 2.75) is 74.1 Å². The average molecular weight is 299 g/mol. The van der Waals surface area contributed by atoms with Crippen molar-refractivity contribution in [2.24, 2.45) is 5.92 Å². The van der Waals surface area contributed by atoms with Crippen LogP contribution in [-0.4, -0.2) is 11.8 Å². The zero-order chi connectivity index (χ0) is 14.9. The zero-order valence-electron chi connectivity index (χ0n) is 14.0. The van der Waals surface area contributed by atoms with E-state index in [1.54, 1.807) is 0 Å². The molecule has 2 heteroatoms. The van der Waals surface area contributed by atoms with Crippen LogP contribution in [0, 0.1) is 5.92 Å². The summed E-state index contributed by atoms with van der Waals surface area (Å²) in [6, 6.07) is 10.8. The summed E-state index contributed by atoms with van der Waals surface area (Å²) in [6.45, 7) is 10.1. The van der Waals surface area contributed by atoms with Crippen LogP contribution in [0.25, 0.3) is 0 Å². The van der Waals surface area contributed by atoms with Crippen molar-refractivity contribution < 1.29 is 10.3 Å². The number of carbonyl (C=O) groups is 1. The molecule has 0 radical (unpaired) electrons. The molecule has 0 unspecified atom stereocenters. The maximum Gasteiger partial charge on any atom is 0.116 e. The van der Waals surface area contributed by atoms with Gasteiger partial charge in [-0.3, -0.25) is 0 Å². The fraction of sp³-hybridized carbons (Fsp3) is 0.632. The molecule has 2 nitrogen and oxygen atoms in total. The SMILES string of the molecule is C.CC.CC=O.CCCCC[C@H](C)Cc1ccccc1.O. The Morgan fingerprint density at radius 2 is 1.57 bits per heavy atom. The van der Waals surface area contributed by atoms with Crippen LogP contribution in [0.2, 0.25) is 0 Å². The Balaban J connectivity index is -0.000000184. The molecule has 21 heavy (non-hydrogen) atoms. The molecule has 0 amide bonds. The lowest BCUT2D eigenvalue weighted by molar-refractivity contribution is -0.106. The number of aldehydes is 1. The maximum atomic E-state index is 8.81. The van der Waals surface area contributed by atoms with E-state index in [1.807, 2.05) is 13.8 Å². The van der Waals surface area contributed by atoms with Gasteiger partial charge in [0.2, 0.25) is 0 Å². The number of carbonyl (C=O) groups excluding carboxylic acids is 1. The Bertz CT molecular complexity index is 270. The maximum absolute atomic E-state index is 8.81. The first-order chi connectivity index (χ1) is 9.24. The second-order valence-electron chi connectivity index (χ2n) is 4.53. The van der Waals surface area contributed by atoms with Gasteiger partial charge in [-0.1, -0.05) is 91.1 Å². The van der Waals surface area contributed by atoms with E-state index in [2.05, 4.69) is 44.2 Å². The largest absolute Gasteiger partial charge is 0.412 e. The van der Waals surface area contributed by atoms with Gasteiger partial charge >= 0.3 is 0 Å². The lowest BCUT2D eigenvalue weighted by Gasteiger charge is -2.10. The molecule has 1 rings (SSSR count). The highest BCUT2D eigenvalue weighted by Gasteiger charge is 2.02. The lowest BCUT2D eigenvalue weighted by Crippen LogP contribution is -1.99. The molecule has 0 spiro atoms. The van der Waals surface area contributed by atoms with E-state index in [0.717, 1.165) is 12.2 Å². The van der Waals surface area contributed by atoms with Crippen LogP contribution >= 0.6 is 0 Å². The quantitative estimate of drug-likeness (QED) is 0.506. The molecule has 0 aliphatic rings. The number of unbranched alkanes of at least 4 members (excludes halogenated alkanes) is 2. The van der Waals surface area contributed by atoms with Gasteiger partial charge in [-0.15, -0.1) is 0 Å². The smallest absolute Gasteiger partial charge is 0.116 e. The number of hydrogen-bond donors (Lipinski definition) is 0. The summed E-state index contributed by atoms with van der Waals surface area (Å²) in [5.74, 6) is 0.837. The van der Waals surface area contributed by atoms with Gasteiger partial charge < -0.3 is 10.3 Å². The second kappa shape index (κ2) is 23.9. The highest BCUT2D eigenvalue weighted by molar-refractivity contribution is 5.44. The first-order valence-corrected chi connectivity index (χ1v) is 7.68. The zero-order valence-corrected chi connectivity index (χ0v) is 14.0. The van der Waals surface area contributed by atoms with Gasteiger partial charge in [-0.2, -0.15) is 0 Å². The summed E-state index contributed by atoms with van der Waals surface area (Å²) in [7, 11) is 0. The van der Waals surface area contributed by atoms with Gasteiger partial charge in [-0.25, -0.2) is 0 Å². The van der Waals surface area contributed by atoms with Crippen LogP contribution in [0.4, 0.5) is 0 Å². The van der Waals surface area contributed by atoms with E-state index in [4.69, 9.17) is 4.79 Å². The molecule has 0 saturated carbocycles. The fourth-order valence-corrected chi connectivity index (χ4v) is 1.86. The lowest BCUT2D eigenvalue weighted by atomic mass is 9.96. The molecule has 0 aliphatic carbocycles. The van der Waals surface area contributed by atoms with Crippen molar-refractivity contribution in [3.05, 3.63) is 35.9 Å². The van der Waals surface area contributed by atoms with Crippen LogP contribution in [0.5, 0.6) is 0 Å². The van der Waals surface area contributed by atoms with Crippen LogP contribution < -0.4 is 0 Å². The third-order valence-corrected chi connectivity index (χ3v) is 2.73. The molecule has 0 bridgehead atoms. The van der Waals surface area contributed by atoms with Crippen LogP contribution in [0.1, 0.15) is 73.3 Å². The van der Waals surface area contributed by atoms with Gasteiger partial charge in [0.05, 0.1) is 0 Å². The van der Waals surface area contributed by atoms with E-state index in [0.29, 0.717) is 0 Å². The van der Waals surface area contributed by atoms with Crippen molar-refractivity contribution in [3.8, 4) is 0 Å². The molecule has 0 aromatic heterocycles. The molecule has 1 atom stereocenters. The summed E-state index contributed by atoms with van der Waals surface area (Å²) in [4.78, 5) is 8.81. The molecule has 0 saturated heterocycles. The molecule has 2 N–H and O–H groups in total. The second-order valence-corrected chi connectivity index (χ2v) is 4.53. The Morgan fingerprint density at radius 3 is 2.00 bits per heavy atom. The number of hydrogen-bond acceptors (Lipinski definition) is 1. The van der Waals surface area contributed by atoms with Crippen LogP contribution in [-0.2, 0) is 11.2 Å². The predicted molar refractivity (Wildman–Crippen MR) is 96.9 cm³/mol. The van der Waals surface area contributed by atoms with Crippen molar-refractivity contribution in [2.75, 3.05) is 0 Å². The standard InChI is InChI=1S/C14H22.C2H4O.C2H6.CH4.H2O/c1-3-4-6-9-13(2)12-14-10-7-5-8-11-14;1-2-3;1-2;;/h5,7-8,10-11,13H,3-4,6,9,12H2,1-2H3;2H,1H3;1-2H3;1H4;1H2/t13-;;;;/m0..../s1. The molecule has 1 aromatic carbocycles. The van der Waals surface area contributed by atoms with E-state index in [1.165, 1.54) is 44.6 Å². The monoisotopic (exact) mass is 298 g/mol. The third-order valence-electron chi connectivity index (χ3n) is 2.73. The van der Waals surface area contributed by atoms with Crippen LogP contribution in [0.15, 0.2) is 30.3 Å². The minimum atomic E-state index is 0. The van der Waals surface area contributed by atoms with Crippen molar-refractivity contribution in [1.29, 1.82) is 0 Å². The predicted octanol–water partition coefficient (Wildman–Crippen LogP) is 5.49. The number of rotatable bonds is 6. The Labute approximate surface area is 133 Å². The van der Waals surface area contributed by atoms with Gasteiger partial charge in [0, 0.05) is 0 Å². The minimum absolute atomic E-state index is 0. The molecule has 0 heterocycles. The van der Waals surface area contributed by atoms with E-state index >= 15 is 0 Å². The summed E-state index contributed by atoms with van der Waals surface area (Å²) in [5.41, 5.74) is 1.48. The van der Waals surface area contributed by atoms with Gasteiger partial charge in [0.25, 0.3) is 0 Å². The van der Waals surface area contributed by atoms with Crippen LogP contribution in [0.3, 0.4) is 0 Å². The first kappa shape index (κ1) is 28.1. The first-order valence-electron chi connectivity index (χ1n) is 7.68. The number of benzene rings is 1. The van der Waals surface area contributed by atoms with Gasteiger partial charge in [-0.05, 0) is 24.8 Å². The van der Waals surface area contributed by atoms with E-state index < -0.39 is 0 Å². The van der Waals surface area contributed by atoms with Gasteiger partial charge in [0.15, 0.2) is 0 Å². The normalized spacial score (nSPS) is 9.38. The minimum Gasteiger partial charge on any atom is -0.412 e. The molecular weight excluding hydrogens is 260 g/mol. The summed E-state index contributed by atoms with van der Waals surface area (Å²) >= 11 is 0. The molecule has 126 valence electrons. The highest BCUT2D eigenvalue weighted by Crippen LogP contribution is 2.14. The summed E-state index contributed by atoms with van der Waals surface area (Å²) in [5, 5.41) is 0. The Kier molecular flexibility index (Phi) is 32.0. The van der Waals surface area contributed by atoms with Gasteiger partial charge in [0.1, 0.15) is 6.29 Å². The summed E-state index contributed by atoms with van der Waals surface area (Å²) < 4.78 is 0. The fourth-order valence-electron chi connectivity index (χ4n) is 1.86. The van der Waals surface area contributed by atoms with Crippen molar-refractivity contribution in [3.63, 3.8) is 0 Å². The van der Waals surface area contributed by atoms with E-state index in [9.17, 15) is 0 Å². The molecule has 1 aromatic rings. The van der Waals surface area contributed by atoms with Crippen molar-refractivity contribution >= 4 is 6.29 Å². The van der Waals surface area contributed by atoms with Crippen molar-refractivity contribution in [1.82, 2.24) is 0 Å². The summed E-state index contributed by atoms with van der Waals surface area (Å²) in [6.07, 6.45) is 7.48. The Morgan fingerprint density at radius 1 is 1.10 bits per heavy atom. The molecule has 0 aliphatic heterocycles. The third kappa shape index (κ3) is 21.3. The Hall–Kier alpha value is -1.15. The molecule has 0 fully saturated rings. The average Bonchev–Trinajstić information content (AvgIpc) is 2.43. The highest BCUT2D eigenvalue weighted by atomic mass is 16.1. The molecular formula is C19H38O2.